The van der Waals surface area contributed by atoms with Crippen LogP contribution in [0.25, 0.3) is 0 Å². The molecule has 1 aliphatic rings. The number of carbonyl (C=O) groups is 1. The number of benzene rings is 3. The third kappa shape index (κ3) is 5.02. The summed E-state index contributed by atoms with van der Waals surface area (Å²) in [6, 6.07) is 17.0. The Kier molecular flexibility index (Phi) is 6.61. The number of likely N-dealkylation sites (tertiary alicyclic amines) is 1. The molecular weight excluding hydrogens is 413 g/mol. The summed E-state index contributed by atoms with van der Waals surface area (Å²) in [6.07, 6.45) is 1.38. The Bertz CT molecular complexity index is 1090. The van der Waals surface area contributed by atoms with Crippen LogP contribution in [0.1, 0.15) is 34.3 Å². The van der Waals surface area contributed by atoms with E-state index in [-0.39, 0.29) is 17.8 Å². The van der Waals surface area contributed by atoms with Crippen LogP contribution in [0.5, 0.6) is 0 Å². The van der Waals surface area contributed by atoms with Crippen molar-refractivity contribution in [1.82, 2.24) is 4.90 Å². The second-order valence-corrected chi connectivity index (χ2v) is 8.26. The lowest BCUT2D eigenvalue weighted by Crippen LogP contribution is -2.47. The van der Waals surface area contributed by atoms with Gasteiger partial charge in [0.05, 0.1) is 0 Å². The molecule has 3 nitrogen and oxygen atoms in total. The second kappa shape index (κ2) is 9.57. The molecule has 1 heterocycles. The minimum absolute atomic E-state index is 0.0669. The summed E-state index contributed by atoms with van der Waals surface area (Å²) in [5, 5.41) is 0. The van der Waals surface area contributed by atoms with Crippen molar-refractivity contribution in [1.29, 1.82) is 0 Å². The summed E-state index contributed by atoms with van der Waals surface area (Å²) < 4.78 is 40.7. The van der Waals surface area contributed by atoms with Gasteiger partial charge in [-0.25, -0.2) is 13.2 Å². The average Bonchev–Trinajstić information content (AvgIpc) is 2.78. The zero-order chi connectivity index (χ0) is 22.7. The molecule has 0 spiro atoms. The number of aryl methyl sites for hydroxylation is 1. The van der Waals surface area contributed by atoms with Crippen LogP contribution in [-0.4, -0.2) is 29.9 Å². The van der Waals surface area contributed by atoms with Gasteiger partial charge in [-0.1, -0.05) is 23.8 Å². The van der Waals surface area contributed by atoms with Gasteiger partial charge in [-0.15, -0.1) is 0 Å². The molecule has 6 heteroatoms. The molecule has 32 heavy (non-hydrogen) atoms. The third-order valence-electron chi connectivity index (χ3n) is 5.92. The van der Waals surface area contributed by atoms with Crippen molar-refractivity contribution >= 4 is 11.6 Å². The number of piperidine rings is 1. The van der Waals surface area contributed by atoms with Crippen LogP contribution in [0.4, 0.5) is 18.9 Å². The van der Waals surface area contributed by atoms with Crippen LogP contribution < -0.4 is 4.90 Å². The molecule has 0 saturated carbocycles. The van der Waals surface area contributed by atoms with E-state index >= 15 is 0 Å². The molecule has 1 saturated heterocycles. The molecule has 0 unspecified atom stereocenters. The lowest BCUT2D eigenvalue weighted by atomic mass is 9.99. The van der Waals surface area contributed by atoms with Crippen molar-refractivity contribution in [2.75, 3.05) is 18.0 Å². The number of hydrogen-bond acceptors (Lipinski definition) is 2. The van der Waals surface area contributed by atoms with Gasteiger partial charge in [0.2, 0.25) is 0 Å². The zero-order valence-electron chi connectivity index (χ0n) is 17.9. The Hall–Kier alpha value is -3.12. The van der Waals surface area contributed by atoms with Gasteiger partial charge in [0.15, 0.2) is 0 Å². The summed E-state index contributed by atoms with van der Waals surface area (Å²) in [4.78, 5) is 17.3. The van der Waals surface area contributed by atoms with Gasteiger partial charge < -0.3 is 4.90 Å². The maximum atomic E-state index is 14.0. The number of rotatable bonds is 5. The average molecular weight is 438 g/mol. The van der Waals surface area contributed by atoms with E-state index in [1.807, 2.05) is 25.1 Å². The van der Waals surface area contributed by atoms with Crippen molar-refractivity contribution in [2.45, 2.75) is 32.4 Å². The normalized spacial score (nSPS) is 15.0. The van der Waals surface area contributed by atoms with E-state index in [0.717, 1.165) is 11.6 Å². The highest BCUT2D eigenvalue weighted by Crippen LogP contribution is 2.27. The maximum Gasteiger partial charge on any atom is 0.258 e. The van der Waals surface area contributed by atoms with Crippen LogP contribution >= 0.6 is 0 Å². The molecule has 4 rings (SSSR count). The van der Waals surface area contributed by atoms with Crippen molar-refractivity contribution in [2.24, 2.45) is 0 Å². The molecule has 1 amide bonds. The number of hydrogen-bond donors (Lipinski definition) is 0. The van der Waals surface area contributed by atoms with E-state index in [4.69, 9.17) is 0 Å². The lowest BCUT2D eigenvalue weighted by Gasteiger charge is -2.38. The number of amides is 1. The maximum absolute atomic E-state index is 14.0. The van der Waals surface area contributed by atoms with Crippen molar-refractivity contribution in [3.05, 3.63) is 101 Å². The van der Waals surface area contributed by atoms with Crippen LogP contribution in [0.15, 0.2) is 66.7 Å². The van der Waals surface area contributed by atoms with Gasteiger partial charge in [-0.3, -0.25) is 9.69 Å². The number of anilines is 1. The predicted molar refractivity (Wildman–Crippen MR) is 119 cm³/mol. The molecule has 0 aromatic heterocycles. The van der Waals surface area contributed by atoms with Crippen LogP contribution in [0.3, 0.4) is 0 Å². The SMILES string of the molecule is Cc1cccc(C(=O)N(c2ccc(F)cc2)C2CCN(Cc3ccc(F)cc3F)CC2)c1. The van der Waals surface area contributed by atoms with Crippen LogP contribution in [0, 0.1) is 24.4 Å². The van der Waals surface area contributed by atoms with Gasteiger partial charge in [-0.05, 0) is 62.2 Å². The van der Waals surface area contributed by atoms with Gasteiger partial charge in [0.1, 0.15) is 17.5 Å². The Morgan fingerprint density at radius 3 is 2.28 bits per heavy atom. The fourth-order valence-corrected chi connectivity index (χ4v) is 4.24. The fourth-order valence-electron chi connectivity index (χ4n) is 4.24. The lowest BCUT2D eigenvalue weighted by molar-refractivity contribution is 0.0958. The first kappa shape index (κ1) is 22.1. The van der Waals surface area contributed by atoms with Crippen LogP contribution in [0.2, 0.25) is 0 Å². The summed E-state index contributed by atoms with van der Waals surface area (Å²) in [7, 11) is 0. The number of halogens is 3. The van der Waals surface area contributed by atoms with E-state index < -0.39 is 11.6 Å². The molecular formula is C26H25F3N2O. The Morgan fingerprint density at radius 1 is 0.938 bits per heavy atom. The molecule has 166 valence electrons. The highest BCUT2D eigenvalue weighted by molar-refractivity contribution is 6.06. The van der Waals surface area contributed by atoms with E-state index in [1.165, 1.54) is 24.3 Å². The summed E-state index contributed by atoms with van der Waals surface area (Å²) in [5.41, 5.74) is 2.69. The first-order valence-electron chi connectivity index (χ1n) is 10.7. The number of nitrogens with zero attached hydrogens (tertiary/aromatic N) is 2. The highest BCUT2D eigenvalue weighted by atomic mass is 19.1. The number of carbonyl (C=O) groups excluding carboxylic acids is 1. The third-order valence-corrected chi connectivity index (χ3v) is 5.92. The van der Waals surface area contributed by atoms with Gasteiger partial charge >= 0.3 is 0 Å². The highest BCUT2D eigenvalue weighted by Gasteiger charge is 2.30. The van der Waals surface area contributed by atoms with Crippen LogP contribution in [-0.2, 0) is 6.54 Å². The molecule has 0 bridgehead atoms. The minimum atomic E-state index is -0.588. The molecule has 0 N–H and O–H groups in total. The topological polar surface area (TPSA) is 23.6 Å². The van der Waals surface area contributed by atoms with Gasteiger partial charge in [0, 0.05) is 48.6 Å². The minimum Gasteiger partial charge on any atom is -0.305 e. The zero-order valence-corrected chi connectivity index (χ0v) is 17.9. The summed E-state index contributed by atoms with van der Waals surface area (Å²) in [5.74, 6) is -1.61. The van der Waals surface area contributed by atoms with Crippen molar-refractivity contribution in [3.63, 3.8) is 0 Å². The van der Waals surface area contributed by atoms with Crippen molar-refractivity contribution < 1.29 is 18.0 Å². The van der Waals surface area contributed by atoms with Gasteiger partial charge in [-0.2, -0.15) is 0 Å². The smallest absolute Gasteiger partial charge is 0.258 e. The fraction of sp³-hybridized carbons (Fsp3) is 0.269. The Balaban J connectivity index is 1.52. The quantitative estimate of drug-likeness (QED) is 0.508. The first-order valence-corrected chi connectivity index (χ1v) is 10.7. The Morgan fingerprint density at radius 2 is 1.62 bits per heavy atom. The molecule has 1 aliphatic heterocycles. The first-order chi connectivity index (χ1) is 15.4. The van der Waals surface area contributed by atoms with Crippen molar-refractivity contribution in [3.8, 4) is 0 Å². The molecule has 3 aromatic carbocycles. The van der Waals surface area contributed by atoms with E-state index in [2.05, 4.69) is 4.90 Å². The monoisotopic (exact) mass is 438 g/mol. The summed E-state index contributed by atoms with van der Waals surface area (Å²) in [6.45, 7) is 3.66. The van der Waals surface area contributed by atoms with E-state index in [1.54, 1.807) is 23.1 Å². The van der Waals surface area contributed by atoms with Gasteiger partial charge in [0.25, 0.3) is 5.91 Å². The largest absolute Gasteiger partial charge is 0.305 e. The van der Waals surface area contributed by atoms with E-state index in [9.17, 15) is 18.0 Å². The summed E-state index contributed by atoms with van der Waals surface area (Å²) >= 11 is 0. The molecule has 3 aromatic rings. The molecule has 0 aliphatic carbocycles. The molecule has 0 atom stereocenters. The second-order valence-electron chi connectivity index (χ2n) is 8.26. The van der Waals surface area contributed by atoms with E-state index in [0.29, 0.717) is 49.3 Å². The standard InChI is InChI=1S/C26H25F3N2O/c1-18-3-2-4-19(15-18)26(32)31(23-9-7-21(27)8-10-23)24-11-13-30(14-12-24)17-20-5-6-22(28)16-25(20)29/h2-10,15-16,24H,11-14,17H2,1H3. The predicted octanol–water partition coefficient (Wildman–Crippen LogP) is 5.72. The molecule has 0 radical (unpaired) electrons. The Labute approximate surface area is 186 Å². The molecule has 1 fully saturated rings.